The Balaban J connectivity index is 2.47. The van der Waals surface area contributed by atoms with Crippen LogP contribution in [0.15, 0.2) is 28.0 Å². The van der Waals surface area contributed by atoms with Gasteiger partial charge in [0, 0.05) is 0 Å². The van der Waals surface area contributed by atoms with E-state index in [4.69, 9.17) is 14.9 Å². The molecule has 1 aromatic rings. The summed E-state index contributed by atoms with van der Waals surface area (Å²) in [4.78, 5) is 11.0. The second-order valence-corrected chi connectivity index (χ2v) is 2.32. The Labute approximate surface area is 79.4 Å². The van der Waals surface area contributed by atoms with Crippen LogP contribution < -0.4 is 5.32 Å². The molecule has 0 aliphatic rings. The lowest BCUT2D eigenvalue weighted by Crippen LogP contribution is -2.29. The molecule has 14 heavy (non-hydrogen) atoms. The molecule has 72 valence electrons. The van der Waals surface area contributed by atoms with E-state index in [2.05, 4.69) is 10.5 Å². The number of carbonyl (C=O) groups excluding carboxylic acids is 1. The predicted octanol–water partition coefficient (Wildman–Crippen LogP) is 0.250. The monoisotopic (exact) mass is 193 g/mol. The van der Waals surface area contributed by atoms with E-state index >= 15 is 0 Å². The number of amides is 1. The maximum atomic E-state index is 11.0. The van der Waals surface area contributed by atoms with Gasteiger partial charge in [-0.25, -0.2) is 0 Å². The SMILES string of the molecule is N#C/C(=N\O)C(=O)NCc1ccco1. The van der Waals surface area contributed by atoms with Gasteiger partial charge in [0.2, 0.25) is 5.71 Å². The van der Waals surface area contributed by atoms with Crippen LogP contribution in [-0.4, -0.2) is 16.8 Å². The van der Waals surface area contributed by atoms with Gasteiger partial charge in [0.25, 0.3) is 5.91 Å². The van der Waals surface area contributed by atoms with Crippen molar-refractivity contribution in [3.63, 3.8) is 0 Å². The molecule has 0 fully saturated rings. The first kappa shape index (κ1) is 9.80. The number of nitrogens with one attached hydrogen (secondary N) is 1. The highest BCUT2D eigenvalue weighted by Crippen LogP contribution is 1.98. The van der Waals surface area contributed by atoms with Gasteiger partial charge in [0.15, 0.2) is 0 Å². The van der Waals surface area contributed by atoms with E-state index in [1.807, 2.05) is 0 Å². The summed E-state index contributed by atoms with van der Waals surface area (Å²) in [5.41, 5.74) is -0.587. The summed E-state index contributed by atoms with van der Waals surface area (Å²) in [6.07, 6.45) is 1.47. The summed E-state index contributed by atoms with van der Waals surface area (Å²) in [6.45, 7) is 0.145. The molecular weight excluding hydrogens is 186 g/mol. The third-order valence-corrected chi connectivity index (χ3v) is 1.42. The van der Waals surface area contributed by atoms with Crippen LogP contribution in [0.4, 0.5) is 0 Å². The summed E-state index contributed by atoms with van der Waals surface area (Å²) < 4.78 is 4.93. The van der Waals surface area contributed by atoms with Gasteiger partial charge in [-0.15, -0.1) is 0 Å². The van der Waals surface area contributed by atoms with Crippen molar-refractivity contribution in [3.8, 4) is 6.07 Å². The highest BCUT2D eigenvalue weighted by molar-refractivity contribution is 6.44. The standard InChI is InChI=1S/C8H7N3O3/c9-4-7(11-13)8(12)10-5-6-2-1-3-14-6/h1-3,13H,5H2,(H,10,12)/b11-7+. The smallest absolute Gasteiger partial charge is 0.284 e. The molecule has 0 atom stereocenters. The summed E-state index contributed by atoms with van der Waals surface area (Å²) in [7, 11) is 0. The first-order valence-corrected chi connectivity index (χ1v) is 3.70. The third-order valence-electron chi connectivity index (χ3n) is 1.42. The highest BCUT2D eigenvalue weighted by Gasteiger charge is 2.10. The minimum absolute atomic E-state index is 0.145. The van der Waals surface area contributed by atoms with Crippen LogP contribution in [0.5, 0.6) is 0 Å². The lowest BCUT2D eigenvalue weighted by molar-refractivity contribution is -0.115. The Bertz CT molecular complexity index is 375. The first-order valence-electron chi connectivity index (χ1n) is 3.70. The van der Waals surface area contributed by atoms with Crippen molar-refractivity contribution in [1.29, 1.82) is 5.26 Å². The number of hydrogen-bond acceptors (Lipinski definition) is 5. The molecule has 1 amide bonds. The lowest BCUT2D eigenvalue weighted by atomic mass is 10.3. The van der Waals surface area contributed by atoms with Crippen molar-refractivity contribution in [1.82, 2.24) is 5.32 Å². The van der Waals surface area contributed by atoms with Gasteiger partial charge in [0.05, 0.1) is 12.8 Å². The predicted molar refractivity (Wildman–Crippen MR) is 45.4 cm³/mol. The van der Waals surface area contributed by atoms with Gasteiger partial charge in [-0.05, 0) is 12.1 Å². The Hall–Kier alpha value is -2.29. The Morgan fingerprint density at radius 3 is 3.07 bits per heavy atom. The van der Waals surface area contributed by atoms with Gasteiger partial charge >= 0.3 is 0 Å². The van der Waals surface area contributed by atoms with Crippen molar-refractivity contribution in [2.75, 3.05) is 0 Å². The van der Waals surface area contributed by atoms with Gasteiger partial charge < -0.3 is 14.9 Å². The fraction of sp³-hybridized carbons (Fsp3) is 0.125. The fourth-order valence-corrected chi connectivity index (χ4v) is 0.783. The average Bonchev–Trinajstić information content (AvgIpc) is 2.69. The van der Waals surface area contributed by atoms with E-state index in [-0.39, 0.29) is 6.54 Å². The molecule has 0 aromatic carbocycles. The average molecular weight is 193 g/mol. The Morgan fingerprint density at radius 1 is 1.79 bits per heavy atom. The first-order chi connectivity index (χ1) is 6.77. The topological polar surface area (TPSA) is 98.6 Å². The molecule has 0 aliphatic heterocycles. The molecule has 0 spiro atoms. The van der Waals surface area contributed by atoms with Crippen LogP contribution in [0.3, 0.4) is 0 Å². The Kier molecular flexibility index (Phi) is 3.27. The maximum Gasteiger partial charge on any atom is 0.284 e. The summed E-state index contributed by atoms with van der Waals surface area (Å²) >= 11 is 0. The number of rotatable bonds is 3. The van der Waals surface area contributed by atoms with Crippen LogP contribution in [0.2, 0.25) is 0 Å². The number of nitriles is 1. The number of carbonyl (C=O) groups is 1. The van der Waals surface area contributed by atoms with Gasteiger partial charge in [-0.1, -0.05) is 5.16 Å². The second-order valence-electron chi connectivity index (χ2n) is 2.32. The lowest BCUT2D eigenvalue weighted by Gasteiger charge is -1.98. The second kappa shape index (κ2) is 4.67. The van der Waals surface area contributed by atoms with E-state index in [1.165, 1.54) is 12.3 Å². The fourth-order valence-electron chi connectivity index (χ4n) is 0.783. The zero-order valence-electron chi connectivity index (χ0n) is 7.10. The molecule has 0 saturated heterocycles. The molecule has 0 aliphatic carbocycles. The van der Waals surface area contributed by atoms with E-state index in [0.717, 1.165) is 0 Å². The number of furan rings is 1. The third kappa shape index (κ3) is 2.35. The summed E-state index contributed by atoms with van der Waals surface area (Å²) in [6, 6.07) is 4.78. The van der Waals surface area contributed by atoms with E-state index in [1.54, 1.807) is 12.1 Å². The van der Waals surface area contributed by atoms with Crippen molar-refractivity contribution < 1.29 is 14.4 Å². The largest absolute Gasteiger partial charge is 0.467 e. The number of nitrogens with zero attached hydrogens (tertiary/aromatic N) is 2. The van der Waals surface area contributed by atoms with Crippen molar-refractivity contribution in [2.24, 2.45) is 5.16 Å². The summed E-state index contributed by atoms with van der Waals surface area (Å²) in [5, 5.41) is 21.4. The van der Waals surface area contributed by atoms with Crippen molar-refractivity contribution >= 4 is 11.6 Å². The van der Waals surface area contributed by atoms with Crippen LogP contribution in [0.25, 0.3) is 0 Å². The molecule has 0 radical (unpaired) electrons. The molecular formula is C8H7N3O3. The zero-order chi connectivity index (χ0) is 10.4. The number of oxime groups is 1. The normalized spacial score (nSPS) is 10.6. The zero-order valence-corrected chi connectivity index (χ0v) is 7.10. The molecule has 1 rings (SSSR count). The van der Waals surface area contributed by atoms with Crippen LogP contribution in [0.1, 0.15) is 5.76 Å². The van der Waals surface area contributed by atoms with E-state index < -0.39 is 11.6 Å². The van der Waals surface area contributed by atoms with Crippen LogP contribution >= 0.6 is 0 Å². The summed E-state index contributed by atoms with van der Waals surface area (Å²) in [5.74, 6) is -0.194. The molecule has 1 heterocycles. The molecule has 2 N–H and O–H groups in total. The molecule has 0 saturated carbocycles. The van der Waals surface area contributed by atoms with Crippen LogP contribution in [0, 0.1) is 11.3 Å². The Morgan fingerprint density at radius 2 is 2.57 bits per heavy atom. The van der Waals surface area contributed by atoms with Gasteiger partial charge in [0.1, 0.15) is 11.8 Å². The molecule has 6 nitrogen and oxygen atoms in total. The van der Waals surface area contributed by atoms with Crippen molar-refractivity contribution in [3.05, 3.63) is 24.2 Å². The van der Waals surface area contributed by atoms with E-state index in [9.17, 15) is 4.79 Å². The van der Waals surface area contributed by atoms with E-state index in [0.29, 0.717) is 5.76 Å². The maximum absolute atomic E-state index is 11.0. The van der Waals surface area contributed by atoms with Gasteiger partial charge in [-0.3, -0.25) is 4.79 Å². The van der Waals surface area contributed by atoms with Crippen LogP contribution in [-0.2, 0) is 11.3 Å². The number of hydrogen-bond donors (Lipinski definition) is 2. The molecule has 0 unspecified atom stereocenters. The van der Waals surface area contributed by atoms with Gasteiger partial charge in [-0.2, -0.15) is 5.26 Å². The molecule has 1 aromatic heterocycles. The highest BCUT2D eigenvalue weighted by atomic mass is 16.4. The van der Waals surface area contributed by atoms with Crippen molar-refractivity contribution in [2.45, 2.75) is 6.54 Å². The minimum atomic E-state index is -0.744. The molecule has 6 heteroatoms. The minimum Gasteiger partial charge on any atom is -0.467 e. The molecule has 0 bridgehead atoms. The quantitative estimate of drug-likeness (QED) is 0.408.